The van der Waals surface area contributed by atoms with Gasteiger partial charge in [0.2, 0.25) is 5.91 Å². The molecule has 0 atom stereocenters. The van der Waals surface area contributed by atoms with Crippen molar-refractivity contribution in [3.05, 3.63) is 34.9 Å². The highest BCUT2D eigenvalue weighted by Gasteiger charge is 2.25. The molecule has 1 aromatic rings. The van der Waals surface area contributed by atoms with Gasteiger partial charge in [0.1, 0.15) is 0 Å². The minimum absolute atomic E-state index is 0.00847. The number of halogens is 1. The maximum absolute atomic E-state index is 12.4. The molecule has 1 heterocycles. The van der Waals surface area contributed by atoms with E-state index in [-0.39, 0.29) is 23.9 Å². The van der Waals surface area contributed by atoms with Crippen molar-refractivity contribution >= 4 is 29.4 Å². The van der Waals surface area contributed by atoms with Gasteiger partial charge >= 0.3 is 6.03 Å². The molecule has 0 unspecified atom stereocenters. The molecule has 170 valence electrons. The minimum Gasteiger partial charge on any atom is -0.353 e. The number of rotatable bonds is 7. The lowest BCUT2D eigenvalue weighted by molar-refractivity contribution is -0.122. The lowest BCUT2D eigenvalue weighted by atomic mass is 9.95. The Morgan fingerprint density at radius 1 is 0.903 bits per heavy atom. The summed E-state index contributed by atoms with van der Waals surface area (Å²) in [7, 11) is 0. The van der Waals surface area contributed by atoms with Gasteiger partial charge in [-0.2, -0.15) is 0 Å². The van der Waals surface area contributed by atoms with Crippen molar-refractivity contribution in [1.82, 2.24) is 20.9 Å². The average molecular weight is 449 g/mol. The van der Waals surface area contributed by atoms with E-state index in [0.717, 1.165) is 25.7 Å². The first kappa shape index (κ1) is 23.4. The number of urea groups is 1. The third kappa shape index (κ3) is 7.73. The molecule has 2 fully saturated rings. The second-order valence-electron chi connectivity index (χ2n) is 8.48. The molecular formula is C23H33ClN4O3. The van der Waals surface area contributed by atoms with Gasteiger partial charge in [-0.1, -0.05) is 30.9 Å². The molecule has 4 amide bonds. The van der Waals surface area contributed by atoms with E-state index in [1.807, 2.05) is 4.90 Å². The Hall–Kier alpha value is -2.28. The topological polar surface area (TPSA) is 90.5 Å². The smallest absolute Gasteiger partial charge is 0.317 e. The Balaban J connectivity index is 1.27. The highest BCUT2D eigenvalue weighted by atomic mass is 35.5. The van der Waals surface area contributed by atoms with Gasteiger partial charge in [-0.3, -0.25) is 9.59 Å². The minimum atomic E-state index is -0.170. The van der Waals surface area contributed by atoms with E-state index in [2.05, 4.69) is 16.0 Å². The van der Waals surface area contributed by atoms with Crippen molar-refractivity contribution < 1.29 is 14.4 Å². The molecule has 1 saturated heterocycles. The number of carbonyl (C=O) groups is 3. The molecule has 7 nitrogen and oxygen atoms in total. The fourth-order valence-corrected chi connectivity index (χ4v) is 4.32. The standard InChI is InChI=1S/C23H33ClN4O3/c24-18-10-8-17(9-11-18)22(30)25-14-4-7-21(29)26-20-12-15-28(16-13-20)23(31)27-19-5-2-1-3-6-19/h8-11,19-20H,1-7,12-16H2,(H,25,30)(H,26,29)(H,27,31). The summed E-state index contributed by atoms with van der Waals surface area (Å²) in [5.74, 6) is -0.179. The van der Waals surface area contributed by atoms with Gasteiger partial charge in [-0.15, -0.1) is 0 Å². The summed E-state index contributed by atoms with van der Waals surface area (Å²) < 4.78 is 0. The first-order valence-corrected chi connectivity index (χ1v) is 11.8. The van der Waals surface area contributed by atoms with Crippen LogP contribution < -0.4 is 16.0 Å². The third-order valence-corrected chi connectivity index (χ3v) is 6.30. The van der Waals surface area contributed by atoms with Gasteiger partial charge in [-0.05, 0) is 56.4 Å². The lowest BCUT2D eigenvalue weighted by Crippen LogP contribution is -2.51. The summed E-state index contributed by atoms with van der Waals surface area (Å²) >= 11 is 5.82. The van der Waals surface area contributed by atoms with E-state index < -0.39 is 0 Å². The molecule has 3 rings (SSSR count). The zero-order chi connectivity index (χ0) is 22.1. The van der Waals surface area contributed by atoms with E-state index in [1.54, 1.807) is 24.3 Å². The van der Waals surface area contributed by atoms with E-state index >= 15 is 0 Å². The summed E-state index contributed by atoms with van der Waals surface area (Å²) in [6, 6.07) is 7.16. The fraction of sp³-hybridized carbons (Fsp3) is 0.609. The fourth-order valence-electron chi connectivity index (χ4n) is 4.19. The molecule has 1 aromatic carbocycles. The van der Waals surface area contributed by atoms with E-state index in [1.165, 1.54) is 19.3 Å². The van der Waals surface area contributed by atoms with Crippen LogP contribution in [0.15, 0.2) is 24.3 Å². The first-order chi connectivity index (χ1) is 15.0. The van der Waals surface area contributed by atoms with Gasteiger partial charge in [0, 0.05) is 48.7 Å². The lowest BCUT2D eigenvalue weighted by Gasteiger charge is -2.34. The van der Waals surface area contributed by atoms with Crippen molar-refractivity contribution in [2.75, 3.05) is 19.6 Å². The number of nitrogens with zero attached hydrogens (tertiary/aromatic N) is 1. The van der Waals surface area contributed by atoms with Crippen molar-refractivity contribution in [3.63, 3.8) is 0 Å². The van der Waals surface area contributed by atoms with Crippen LogP contribution in [0.5, 0.6) is 0 Å². The van der Waals surface area contributed by atoms with Crippen molar-refractivity contribution in [1.29, 1.82) is 0 Å². The first-order valence-electron chi connectivity index (χ1n) is 11.4. The predicted octanol–water partition coefficient (Wildman–Crippen LogP) is 3.47. The number of nitrogens with one attached hydrogen (secondary N) is 3. The normalized spacial score (nSPS) is 17.8. The zero-order valence-electron chi connectivity index (χ0n) is 18.0. The van der Waals surface area contributed by atoms with Crippen LogP contribution in [0.25, 0.3) is 0 Å². The van der Waals surface area contributed by atoms with Crippen LogP contribution in [0, 0.1) is 0 Å². The van der Waals surface area contributed by atoms with Crippen molar-refractivity contribution in [2.24, 2.45) is 0 Å². The third-order valence-electron chi connectivity index (χ3n) is 6.05. The van der Waals surface area contributed by atoms with Crippen LogP contribution in [-0.4, -0.2) is 54.5 Å². The van der Waals surface area contributed by atoms with E-state index in [4.69, 9.17) is 11.6 Å². The Morgan fingerprint density at radius 2 is 1.55 bits per heavy atom. The summed E-state index contributed by atoms with van der Waals surface area (Å²) in [6.45, 7) is 1.77. The molecule has 1 saturated carbocycles. The average Bonchev–Trinajstić information content (AvgIpc) is 2.78. The summed E-state index contributed by atoms with van der Waals surface area (Å²) in [5, 5.41) is 9.62. The number of hydrogen-bond acceptors (Lipinski definition) is 3. The van der Waals surface area contributed by atoms with E-state index in [9.17, 15) is 14.4 Å². The highest BCUT2D eigenvalue weighted by Crippen LogP contribution is 2.18. The number of piperidine rings is 1. The summed E-state index contributed by atoms with van der Waals surface area (Å²) in [5.41, 5.74) is 0.549. The van der Waals surface area contributed by atoms with Gasteiger partial charge in [0.25, 0.3) is 5.91 Å². The number of benzene rings is 1. The Kier molecular flexibility index (Phi) is 9.00. The molecular weight excluding hydrogens is 416 g/mol. The highest BCUT2D eigenvalue weighted by molar-refractivity contribution is 6.30. The van der Waals surface area contributed by atoms with Crippen LogP contribution in [0.2, 0.25) is 5.02 Å². The molecule has 0 bridgehead atoms. The molecule has 1 aliphatic carbocycles. The monoisotopic (exact) mass is 448 g/mol. The maximum atomic E-state index is 12.4. The summed E-state index contributed by atoms with van der Waals surface area (Å²) in [4.78, 5) is 38.5. The van der Waals surface area contributed by atoms with Crippen molar-refractivity contribution in [2.45, 2.75) is 69.9 Å². The SMILES string of the molecule is O=C(CCCNC(=O)c1ccc(Cl)cc1)NC1CCN(C(=O)NC2CCCCC2)CC1. The number of likely N-dealkylation sites (tertiary alicyclic amines) is 1. The van der Waals surface area contributed by atoms with Gasteiger partial charge in [0.05, 0.1) is 0 Å². The van der Waals surface area contributed by atoms with Gasteiger partial charge in [-0.25, -0.2) is 4.79 Å². The van der Waals surface area contributed by atoms with Crippen LogP contribution in [0.1, 0.15) is 68.1 Å². The Bertz CT molecular complexity index is 742. The molecule has 3 N–H and O–H groups in total. The zero-order valence-corrected chi connectivity index (χ0v) is 18.8. The Labute approximate surface area is 189 Å². The summed E-state index contributed by atoms with van der Waals surface area (Å²) in [6.07, 6.45) is 8.32. The predicted molar refractivity (Wildman–Crippen MR) is 121 cm³/mol. The van der Waals surface area contributed by atoms with Crippen LogP contribution in [0.3, 0.4) is 0 Å². The molecule has 1 aliphatic heterocycles. The number of amides is 4. The quantitative estimate of drug-likeness (QED) is 0.558. The van der Waals surface area contributed by atoms with Crippen LogP contribution >= 0.6 is 11.6 Å². The molecule has 31 heavy (non-hydrogen) atoms. The van der Waals surface area contributed by atoms with E-state index in [0.29, 0.717) is 49.1 Å². The number of carbonyl (C=O) groups excluding carboxylic acids is 3. The molecule has 0 spiro atoms. The second-order valence-corrected chi connectivity index (χ2v) is 8.92. The van der Waals surface area contributed by atoms with Gasteiger partial charge in [0.15, 0.2) is 0 Å². The number of hydrogen-bond donors (Lipinski definition) is 3. The van der Waals surface area contributed by atoms with Crippen LogP contribution in [0.4, 0.5) is 4.79 Å². The molecule has 8 heteroatoms. The maximum Gasteiger partial charge on any atom is 0.317 e. The second kappa shape index (κ2) is 11.9. The van der Waals surface area contributed by atoms with Crippen LogP contribution in [-0.2, 0) is 4.79 Å². The molecule has 0 radical (unpaired) electrons. The molecule has 2 aliphatic rings. The van der Waals surface area contributed by atoms with Crippen molar-refractivity contribution in [3.8, 4) is 0 Å². The Morgan fingerprint density at radius 3 is 2.23 bits per heavy atom. The van der Waals surface area contributed by atoms with Gasteiger partial charge < -0.3 is 20.9 Å². The molecule has 0 aromatic heterocycles. The largest absolute Gasteiger partial charge is 0.353 e.